The summed E-state index contributed by atoms with van der Waals surface area (Å²) >= 11 is 0. The highest BCUT2D eigenvalue weighted by Crippen LogP contribution is 2.23. The van der Waals surface area contributed by atoms with Crippen molar-refractivity contribution in [2.24, 2.45) is 5.73 Å². The molecule has 0 radical (unpaired) electrons. The van der Waals surface area contributed by atoms with Crippen LogP contribution in [0.1, 0.15) is 37.4 Å². The molecule has 1 atom stereocenters. The van der Waals surface area contributed by atoms with Crippen molar-refractivity contribution in [1.82, 2.24) is 0 Å². The van der Waals surface area contributed by atoms with E-state index in [-0.39, 0.29) is 12.1 Å². The summed E-state index contributed by atoms with van der Waals surface area (Å²) in [6, 6.07) is 18.5. The van der Waals surface area contributed by atoms with Gasteiger partial charge in [-0.1, -0.05) is 48.5 Å². The highest BCUT2D eigenvalue weighted by molar-refractivity contribution is 5.34. The van der Waals surface area contributed by atoms with Crippen LogP contribution in [0, 0.1) is 0 Å². The molecule has 0 aliphatic carbocycles. The van der Waals surface area contributed by atoms with E-state index in [1.54, 1.807) is 0 Å². The number of hydrogen-bond donors (Lipinski definition) is 1. The lowest BCUT2D eigenvalue weighted by molar-refractivity contribution is 0.239. The Labute approximate surface area is 121 Å². The molecular weight excluding hydrogens is 246 g/mol. The van der Waals surface area contributed by atoms with Crippen molar-refractivity contribution >= 4 is 0 Å². The van der Waals surface area contributed by atoms with Gasteiger partial charge in [0.1, 0.15) is 5.75 Å². The second-order valence-electron chi connectivity index (χ2n) is 5.33. The largest absolute Gasteiger partial charge is 0.491 e. The Morgan fingerprint density at radius 1 is 0.950 bits per heavy atom. The van der Waals surface area contributed by atoms with E-state index >= 15 is 0 Å². The minimum atomic E-state index is 0.0725. The van der Waals surface area contributed by atoms with Gasteiger partial charge in [-0.2, -0.15) is 0 Å². The molecule has 0 aliphatic rings. The number of hydrogen-bond acceptors (Lipinski definition) is 2. The van der Waals surface area contributed by atoms with Gasteiger partial charge in [0.15, 0.2) is 0 Å². The summed E-state index contributed by atoms with van der Waals surface area (Å²) in [6.45, 7) is 4.10. The lowest BCUT2D eigenvalue weighted by atomic mass is 9.99. The molecule has 0 spiro atoms. The van der Waals surface area contributed by atoms with E-state index in [0.29, 0.717) is 0 Å². The van der Waals surface area contributed by atoms with Crippen LogP contribution in [-0.2, 0) is 6.42 Å². The zero-order chi connectivity index (χ0) is 14.4. The van der Waals surface area contributed by atoms with Crippen molar-refractivity contribution in [3.8, 4) is 5.75 Å². The summed E-state index contributed by atoms with van der Waals surface area (Å²) in [4.78, 5) is 0. The number of nitrogens with two attached hydrogens (primary N) is 1. The highest BCUT2D eigenvalue weighted by Gasteiger charge is 2.09. The second-order valence-corrected chi connectivity index (χ2v) is 5.33. The fraction of sp³-hybridized carbons (Fsp3) is 0.333. The Bertz CT molecular complexity index is 522. The Hall–Kier alpha value is -1.80. The third-order valence-corrected chi connectivity index (χ3v) is 3.29. The van der Waals surface area contributed by atoms with Crippen LogP contribution in [0.25, 0.3) is 0 Å². The van der Waals surface area contributed by atoms with Gasteiger partial charge in [-0.05, 0) is 43.9 Å². The molecule has 2 rings (SSSR count). The Morgan fingerprint density at radius 3 is 2.30 bits per heavy atom. The lowest BCUT2D eigenvalue weighted by Crippen LogP contribution is -2.12. The van der Waals surface area contributed by atoms with Crippen molar-refractivity contribution < 1.29 is 4.74 Å². The SMILES string of the molecule is CC(C)Oc1ccccc1CCC(N)c1ccccc1. The Balaban J connectivity index is 2.00. The number of benzene rings is 2. The average molecular weight is 269 g/mol. The van der Waals surface area contributed by atoms with E-state index < -0.39 is 0 Å². The maximum Gasteiger partial charge on any atom is 0.122 e. The van der Waals surface area contributed by atoms with E-state index in [1.807, 2.05) is 44.2 Å². The fourth-order valence-electron chi connectivity index (χ4n) is 2.26. The van der Waals surface area contributed by atoms with Crippen LogP contribution in [0.3, 0.4) is 0 Å². The van der Waals surface area contributed by atoms with E-state index in [1.165, 1.54) is 11.1 Å². The smallest absolute Gasteiger partial charge is 0.122 e. The number of para-hydroxylation sites is 1. The zero-order valence-electron chi connectivity index (χ0n) is 12.3. The van der Waals surface area contributed by atoms with Crippen molar-refractivity contribution in [2.75, 3.05) is 0 Å². The van der Waals surface area contributed by atoms with Gasteiger partial charge in [0.2, 0.25) is 0 Å². The van der Waals surface area contributed by atoms with E-state index in [0.717, 1.165) is 18.6 Å². The molecule has 20 heavy (non-hydrogen) atoms. The summed E-state index contributed by atoms with van der Waals surface area (Å²) in [5.74, 6) is 0.975. The molecular formula is C18H23NO. The molecule has 2 aromatic carbocycles. The normalized spacial score (nSPS) is 12.4. The van der Waals surface area contributed by atoms with E-state index in [4.69, 9.17) is 10.5 Å². The van der Waals surface area contributed by atoms with Crippen LogP contribution in [0.4, 0.5) is 0 Å². The van der Waals surface area contributed by atoms with Gasteiger partial charge in [0.05, 0.1) is 6.10 Å². The minimum Gasteiger partial charge on any atom is -0.491 e. The first-order valence-corrected chi connectivity index (χ1v) is 7.22. The fourth-order valence-corrected chi connectivity index (χ4v) is 2.26. The molecule has 0 amide bonds. The van der Waals surface area contributed by atoms with Gasteiger partial charge >= 0.3 is 0 Å². The van der Waals surface area contributed by atoms with Crippen LogP contribution in [0.15, 0.2) is 54.6 Å². The number of aryl methyl sites for hydroxylation is 1. The summed E-state index contributed by atoms with van der Waals surface area (Å²) in [5.41, 5.74) is 8.67. The monoisotopic (exact) mass is 269 g/mol. The van der Waals surface area contributed by atoms with Gasteiger partial charge in [0.25, 0.3) is 0 Å². The van der Waals surface area contributed by atoms with Crippen LogP contribution >= 0.6 is 0 Å². The van der Waals surface area contributed by atoms with Crippen molar-refractivity contribution in [3.05, 3.63) is 65.7 Å². The average Bonchev–Trinajstić information content (AvgIpc) is 2.46. The molecule has 0 bridgehead atoms. The molecule has 0 aromatic heterocycles. The third-order valence-electron chi connectivity index (χ3n) is 3.29. The lowest BCUT2D eigenvalue weighted by Gasteiger charge is -2.16. The summed E-state index contributed by atoms with van der Waals surface area (Å²) in [6.07, 6.45) is 2.04. The number of ether oxygens (including phenoxy) is 1. The highest BCUT2D eigenvalue weighted by atomic mass is 16.5. The van der Waals surface area contributed by atoms with Gasteiger partial charge < -0.3 is 10.5 Å². The standard InChI is InChI=1S/C18H23NO/c1-14(2)20-18-11-7-6-10-16(18)12-13-17(19)15-8-4-3-5-9-15/h3-11,14,17H,12-13,19H2,1-2H3. The first kappa shape index (κ1) is 14.6. The van der Waals surface area contributed by atoms with Crippen molar-refractivity contribution in [1.29, 1.82) is 0 Å². The van der Waals surface area contributed by atoms with Crippen molar-refractivity contribution in [2.45, 2.75) is 38.8 Å². The Kier molecular flexibility index (Phi) is 5.19. The molecule has 0 saturated heterocycles. The predicted molar refractivity (Wildman–Crippen MR) is 83.9 cm³/mol. The van der Waals surface area contributed by atoms with Gasteiger partial charge in [0, 0.05) is 6.04 Å². The van der Waals surface area contributed by atoms with Crippen LogP contribution < -0.4 is 10.5 Å². The van der Waals surface area contributed by atoms with E-state index in [9.17, 15) is 0 Å². The topological polar surface area (TPSA) is 35.2 Å². The molecule has 2 heteroatoms. The summed E-state index contributed by atoms with van der Waals surface area (Å²) in [7, 11) is 0. The van der Waals surface area contributed by atoms with E-state index in [2.05, 4.69) is 24.3 Å². The molecule has 0 saturated carbocycles. The van der Waals surface area contributed by atoms with Crippen LogP contribution in [0.5, 0.6) is 5.75 Å². The third kappa shape index (κ3) is 4.10. The molecule has 106 valence electrons. The number of rotatable bonds is 6. The van der Waals surface area contributed by atoms with Crippen molar-refractivity contribution in [3.63, 3.8) is 0 Å². The summed E-state index contributed by atoms with van der Waals surface area (Å²) in [5, 5.41) is 0. The molecule has 1 unspecified atom stereocenters. The maximum atomic E-state index is 6.25. The quantitative estimate of drug-likeness (QED) is 0.856. The first-order valence-electron chi connectivity index (χ1n) is 7.22. The molecule has 2 nitrogen and oxygen atoms in total. The first-order chi connectivity index (χ1) is 9.66. The van der Waals surface area contributed by atoms with Crippen LogP contribution in [-0.4, -0.2) is 6.10 Å². The molecule has 0 aliphatic heterocycles. The van der Waals surface area contributed by atoms with Crippen LogP contribution in [0.2, 0.25) is 0 Å². The summed E-state index contributed by atoms with van der Waals surface area (Å²) < 4.78 is 5.84. The zero-order valence-corrected chi connectivity index (χ0v) is 12.3. The van der Waals surface area contributed by atoms with Gasteiger partial charge in [-0.25, -0.2) is 0 Å². The van der Waals surface area contributed by atoms with Gasteiger partial charge in [-0.15, -0.1) is 0 Å². The molecule has 0 fully saturated rings. The second kappa shape index (κ2) is 7.11. The molecule has 0 heterocycles. The maximum absolute atomic E-state index is 6.25. The van der Waals surface area contributed by atoms with Gasteiger partial charge in [-0.3, -0.25) is 0 Å². The molecule has 2 aromatic rings. The minimum absolute atomic E-state index is 0.0725. The predicted octanol–water partition coefficient (Wildman–Crippen LogP) is 4.11. The Morgan fingerprint density at radius 2 is 1.60 bits per heavy atom. The molecule has 2 N–H and O–H groups in total.